The van der Waals surface area contributed by atoms with Crippen LogP contribution in [-0.4, -0.2) is 29.3 Å². The minimum absolute atomic E-state index is 0.129. The molecule has 0 aliphatic rings. The van der Waals surface area contributed by atoms with Crippen LogP contribution < -0.4 is 5.69 Å². The van der Waals surface area contributed by atoms with E-state index < -0.39 is 0 Å². The van der Waals surface area contributed by atoms with Crippen LogP contribution in [0.1, 0.15) is 19.0 Å². The molecule has 2 N–H and O–H groups in total. The number of H-pyrrole nitrogens is 1. The van der Waals surface area contributed by atoms with Gasteiger partial charge in [-0.1, -0.05) is 13.0 Å². The van der Waals surface area contributed by atoms with Gasteiger partial charge in [-0.2, -0.15) is 0 Å². The van der Waals surface area contributed by atoms with E-state index in [-0.39, 0.29) is 12.3 Å². The summed E-state index contributed by atoms with van der Waals surface area (Å²) < 4.78 is 3.41. The third-order valence-corrected chi connectivity index (χ3v) is 4.11. The van der Waals surface area contributed by atoms with Gasteiger partial charge in [0.05, 0.1) is 12.3 Å². The van der Waals surface area contributed by atoms with Gasteiger partial charge in [-0.3, -0.25) is 4.57 Å². The Balaban J connectivity index is 2.04. The molecule has 0 aromatic carbocycles. The van der Waals surface area contributed by atoms with E-state index >= 15 is 0 Å². The molecule has 3 aromatic rings. The number of hydrogen-bond donors (Lipinski definition) is 2. The standard InChI is InChI=1S/C13H15N5O2S/c1-2-6-18-12(20)15-16-13(18)21-11-9(8-19)17-7-4-3-5-10(17)14-11/h3-5,7,19H,2,6,8H2,1H3,(H,15,20). The average Bonchev–Trinajstić information content (AvgIpc) is 3.02. The number of pyridine rings is 1. The molecule has 0 atom stereocenters. The fourth-order valence-corrected chi connectivity index (χ4v) is 3.11. The van der Waals surface area contributed by atoms with Crippen LogP contribution >= 0.6 is 11.8 Å². The van der Waals surface area contributed by atoms with Gasteiger partial charge in [-0.05, 0) is 30.3 Å². The highest BCUT2D eigenvalue weighted by atomic mass is 32.2. The van der Waals surface area contributed by atoms with Gasteiger partial charge in [-0.25, -0.2) is 14.9 Å². The first-order chi connectivity index (χ1) is 10.2. The van der Waals surface area contributed by atoms with Gasteiger partial charge in [0.2, 0.25) is 0 Å². The number of imidazole rings is 1. The Morgan fingerprint density at radius 3 is 3.05 bits per heavy atom. The van der Waals surface area contributed by atoms with Gasteiger partial charge in [-0.15, -0.1) is 5.10 Å². The number of aromatic amines is 1. The SMILES string of the molecule is CCCn1c(Sc2nc3ccccn3c2CO)n[nH]c1=O. The van der Waals surface area contributed by atoms with Gasteiger partial charge in [0.25, 0.3) is 0 Å². The summed E-state index contributed by atoms with van der Waals surface area (Å²) in [6.45, 7) is 2.47. The van der Waals surface area contributed by atoms with Crippen molar-refractivity contribution in [1.29, 1.82) is 0 Å². The van der Waals surface area contributed by atoms with Crippen LogP contribution in [0.25, 0.3) is 5.65 Å². The number of nitrogens with zero attached hydrogens (tertiary/aromatic N) is 4. The van der Waals surface area contributed by atoms with Gasteiger partial charge in [0, 0.05) is 12.7 Å². The Kier molecular flexibility index (Phi) is 3.80. The van der Waals surface area contributed by atoms with Crippen molar-refractivity contribution in [2.75, 3.05) is 0 Å². The highest BCUT2D eigenvalue weighted by molar-refractivity contribution is 7.99. The summed E-state index contributed by atoms with van der Waals surface area (Å²) in [5, 5.41) is 17.3. The number of rotatable bonds is 5. The topological polar surface area (TPSA) is 88.2 Å². The number of fused-ring (bicyclic) bond motifs is 1. The molecule has 0 unspecified atom stereocenters. The lowest BCUT2D eigenvalue weighted by Gasteiger charge is -2.03. The third kappa shape index (κ3) is 2.47. The van der Waals surface area contributed by atoms with Crippen molar-refractivity contribution < 1.29 is 5.11 Å². The van der Waals surface area contributed by atoms with Gasteiger partial charge in [0.15, 0.2) is 5.16 Å². The van der Waals surface area contributed by atoms with E-state index in [1.54, 1.807) is 4.57 Å². The summed E-state index contributed by atoms with van der Waals surface area (Å²) in [6.07, 6.45) is 2.69. The number of hydrogen-bond acceptors (Lipinski definition) is 5. The number of aromatic nitrogens is 5. The quantitative estimate of drug-likeness (QED) is 0.741. The lowest BCUT2D eigenvalue weighted by Crippen LogP contribution is -2.17. The molecule has 8 heteroatoms. The molecular weight excluding hydrogens is 290 g/mol. The molecule has 3 aromatic heterocycles. The lowest BCUT2D eigenvalue weighted by molar-refractivity contribution is 0.272. The molecular formula is C13H15N5O2S. The Hall–Kier alpha value is -2.06. The summed E-state index contributed by atoms with van der Waals surface area (Å²) in [4.78, 5) is 16.2. The predicted octanol–water partition coefficient (Wildman–Crippen LogP) is 1.27. The molecule has 7 nitrogen and oxygen atoms in total. The molecule has 0 radical (unpaired) electrons. The maximum absolute atomic E-state index is 11.7. The summed E-state index contributed by atoms with van der Waals surface area (Å²) in [5.74, 6) is 0. The number of aliphatic hydroxyl groups excluding tert-OH is 1. The van der Waals surface area contributed by atoms with Crippen LogP contribution in [0.2, 0.25) is 0 Å². The first-order valence-electron chi connectivity index (χ1n) is 6.64. The maximum atomic E-state index is 11.7. The zero-order chi connectivity index (χ0) is 14.8. The zero-order valence-electron chi connectivity index (χ0n) is 11.5. The second-order valence-corrected chi connectivity index (χ2v) is 5.47. The Bertz CT molecular complexity index is 819. The van der Waals surface area contributed by atoms with E-state index in [4.69, 9.17) is 0 Å². The van der Waals surface area contributed by atoms with Crippen molar-refractivity contribution >= 4 is 17.4 Å². The molecule has 3 rings (SSSR count). The summed E-state index contributed by atoms with van der Waals surface area (Å²) in [7, 11) is 0. The smallest absolute Gasteiger partial charge is 0.343 e. The second-order valence-electron chi connectivity index (χ2n) is 4.52. The summed E-state index contributed by atoms with van der Waals surface area (Å²) in [6, 6.07) is 5.64. The number of nitrogens with one attached hydrogen (secondary N) is 1. The van der Waals surface area contributed by atoms with E-state index in [0.29, 0.717) is 22.4 Å². The lowest BCUT2D eigenvalue weighted by atomic mass is 10.4. The van der Waals surface area contributed by atoms with Crippen molar-refractivity contribution in [3.63, 3.8) is 0 Å². The van der Waals surface area contributed by atoms with E-state index in [1.807, 2.05) is 35.7 Å². The first-order valence-corrected chi connectivity index (χ1v) is 7.46. The van der Waals surface area contributed by atoms with E-state index in [1.165, 1.54) is 11.8 Å². The minimum Gasteiger partial charge on any atom is -0.390 e. The maximum Gasteiger partial charge on any atom is 0.343 e. The minimum atomic E-state index is -0.228. The van der Waals surface area contributed by atoms with Gasteiger partial charge < -0.3 is 9.51 Å². The summed E-state index contributed by atoms with van der Waals surface area (Å²) >= 11 is 1.28. The molecule has 0 bridgehead atoms. The zero-order valence-corrected chi connectivity index (χ0v) is 12.3. The van der Waals surface area contributed by atoms with Gasteiger partial charge in [0.1, 0.15) is 10.7 Å². The average molecular weight is 305 g/mol. The Labute approximate surface area is 124 Å². The Morgan fingerprint density at radius 1 is 1.43 bits per heavy atom. The molecule has 110 valence electrons. The van der Waals surface area contributed by atoms with Crippen LogP contribution in [0.3, 0.4) is 0 Å². The highest BCUT2D eigenvalue weighted by Gasteiger charge is 2.16. The fourth-order valence-electron chi connectivity index (χ4n) is 2.14. The Morgan fingerprint density at radius 2 is 2.29 bits per heavy atom. The van der Waals surface area contributed by atoms with E-state index in [0.717, 1.165) is 12.1 Å². The van der Waals surface area contributed by atoms with Crippen LogP contribution in [0.5, 0.6) is 0 Å². The molecule has 0 amide bonds. The third-order valence-electron chi connectivity index (χ3n) is 3.10. The fraction of sp³-hybridized carbons (Fsp3) is 0.308. The molecule has 21 heavy (non-hydrogen) atoms. The monoisotopic (exact) mass is 305 g/mol. The second kappa shape index (κ2) is 5.74. The van der Waals surface area contributed by atoms with E-state index in [9.17, 15) is 9.90 Å². The molecule has 0 saturated heterocycles. The van der Waals surface area contributed by atoms with Crippen molar-refractivity contribution in [1.82, 2.24) is 24.1 Å². The van der Waals surface area contributed by atoms with Crippen LogP contribution in [0.4, 0.5) is 0 Å². The summed E-state index contributed by atoms with van der Waals surface area (Å²) in [5.41, 5.74) is 1.21. The molecule has 0 spiro atoms. The predicted molar refractivity (Wildman–Crippen MR) is 78.4 cm³/mol. The number of aliphatic hydroxyl groups is 1. The van der Waals surface area contributed by atoms with Crippen molar-refractivity contribution in [3.05, 3.63) is 40.6 Å². The largest absolute Gasteiger partial charge is 0.390 e. The highest BCUT2D eigenvalue weighted by Crippen LogP contribution is 2.28. The van der Waals surface area contributed by atoms with Crippen molar-refractivity contribution in [3.8, 4) is 0 Å². The van der Waals surface area contributed by atoms with Crippen LogP contribution in [-0.2, 0) is 13.2 Å². The molecule has 3 heterocycles. The van der Waals surface area contributed by atoms with Crippen LogP contribution in [0.15, 0.2) is 39.4 Å². The molecule has 0 aliphatic heterocycles. The molecule has 0 saturated carbocycles. The van der Waals surface area contributed by atoms with E-state index in [2.05, 4.69) is 15.2 Å². The molecule has 0 aliphatic carbocycles. The van der Waals surface area contributed by atoms with Gasteiger partial charge >= 0.3 is 5.69 Å². The normalized spacial score (nSPS) is 11.3. The molecule has 0 fully saturated rings. The van der Waals surface area contributed by atoms with Crippen molar-refractivity contribution in [2.24, 2.45) is 0 Å². The van der Waals surface area contributed by atoms with Crippen LogP contribution in [0, 0.1) is 0 Å². The van der Waals surface area contributed by atoms with Crippen molar-refractivity contribution in [2.45, 2.75) is 36.7 Å². The first kappa shape index (κ1) is 13.9.